The summed E-state index contributed by atoms with van der Waals surface area (Å²) in [5.74, 6) is 0. The average molecular weight is 168 g/mol. The molecule has 1 N–H and O–H groups in total. The zero-order chi connectivity index (χ0) is 6.69. The molecule has 0 unspecified atom stereocenters. The van der Waals surface area contributed by atoms with Crippen molar-refractivity contribution in [1.82, 2.24) is 4.90 Å². The lowest BCUT2D eigenvalue weighted by atomic mass is 10.3. The van der Waals surface area contributed by atoms with Crippen LogP contribution in [0.4, 0.5) is 0 Å². The van der Waals surface area contributed by atoms with Gasteiger partial charge in [0.1, 0.15) is 0 Å². The van der Waals surface area contributed by atoms with Crippen molar-refractivity contribution in [1.29, 1.82) is 0 Å². The van der Waals surface area contributed by atoms with Gasteiger partial charge in [-0.1, -0.05) is 0 Å². The summed E-state index contributed by atoms with van der Waals surface area (Å²) in [7, 11) is 2.00. The Labute approximate surface area is 67.4 Å². The molecule has 3 nitrogen and oxygen atoms in total. The Bertz CT molecular complexity index is 91.8. The first-order chi connectivity index (χ1) is 4.34. The molecule has 1 aliphatic rings. The van der Waals surface area contributed by atoms with Gasteiger partial charge in [-0.25, -0.2) is 0 Å². The van der Waals surface area contributed by atoms with Crippen LogP contribution in [0.3, 0.4) is 0 Å². The molecule has 0 aromatic rings. The zero-order valence-electron chi connectivity index (χ0n) is 6.12. The first-order valence-corrected chi connectivity index (χ1v) is 3.23. The van der Waals surface area contributed by atoms with Gasteiger partial charge in [-0.05, 0) is 7.05 Å². The molecule has 1 fully saturated rings. The van der Waals surface area contributed by atoms with E-state index in [-0.39, 0.29) is 25.1 Å². The highest BCUT2D eigenvalue weighted by Crippen LogP contribution is 2.01. The normalized spacial score (nSPS) is 27.6. The first kappa shape index (κ1) is 10.2. The highest BCUT2D eigenvalue weighted by Gasteiger charge is 2.17. The van der Waals surface area contributed by atoms with E-state index in [1.54, 1.807) is 0 Å². The Morgan fingerprint density at radius 3 is 2.80 bits per heavy atom. The Morgan fingerprint density at radius 2 is 2.40 bits per heavy atom. The fourth-order valence-electron chi connectivity index (χ4n) is 0.930. The molecule has 1 rings (SSSR count). The topological polar surface area (TPSA) is 32.7 Å². The minimum atomic E-state index is 0. The molecule has 0 radical (unpaired) electrons. The fraction of sp³-hybridized carbons (Fsp3) is 1.00. The second-order valence-electron chi connectivity index (χ2n) is 2.39. The number of nitrogens with zero attached hydrogens (tertiary/aromatic N) is 1. The van der Waals surface area contributed by atoms with Crippen LogP contribution in [0.1, 0.15) is 0 Å². The maximum absolute atomic E-state index is 8.74. The molecule has 0 bridgehead atoms. The van der Waals surface area contributed by atoms with Crippen molar-refractivity contribution >= 4 is 12.4 Å². The summed E-state index contributed by atoms with van der Waals surface area (Å²) >= 11 is 0. The molecule has 0 amide bonds. The largest absolute Gasteiger partial charge is 0.395 e. The summed E-state index contributed by atoms with van der Waals surface area (Å²) in [5.41, 5.74) is 0. The van der Waals surface area contributed by atoms with Gasteiger partial charge < -0.3 is 9.84 Å². The third kappa shape index (κ3) is 2.42. The van der Waals surface area contributed by atoms with Crippen LogP contribution in [0, 0.1) is 0 Å². The van der Waals surface area contributed by atoms with Crippen molar-refractivity contribution in [3.8, 4) is 0 Å². The molecule has 0 saturated carbocycles. The van der Waals surface area contributed by atoms with Gasteiger partial charge in [0.25, 0.3) is 0 Å². The predicted molar refractivity (Wildman–Crippen MR) is 41.6 cm³/mol. The van der Waals surface area contributed by atoms with Gasteiger partial charge in [-0.3, -0.25) is 4.90 Å². The Kier molecular flexibility index (Phi) is 4.99. The monoisotopic (exact) mass is 167 g/mol. The molecular weight excluding hydrogens is 154 g/mol. The molecule has 0 aromatic carbocycles. The van der Waals surface area contributed by atoms with Gasteiger partial charge >= 0.3 is 0 Å². The van der Waals surface area contributed by atoms with Crippen LogP contribution in [0.15, 0.2) is 0 Å². The number of hydrogen-bond acceptors (Lipinski definition) is 3. The summed E-state index contributed by atoms with van der Waals surface area (Å²) in [4.78, 5) is 2.11. The van der Waals surface area contributed by atoms with E-state index in [4.69, 9.17) is 9.84 Å². The second-order valence-corrected chi connectivity index (χ2v) is 2.39. The van der Waals surface area contributed by atoms with Crippen molar-refractivity contribution in [3.05, 3.63) is 0 Å². The molecule has 4 heteroatoms. The van der Waals surface area contributed by atoms with E-state index >= 15 is 0 Å². The van der Waals surface area contributed by atoms with E-state index in [0.29, 0.717) is 6.61 Å². The van der Waals surface area contributed by atoms with E-state index in [1.165, 1.54) is 0 Å². The Hall–Kier alpha value is 0.170. The lowest BCUT2D eigenvalue weighted by Gasteiger charge is -2.30. The maximum Gasteiger partial charge on any atom is 0.0644 e. The van der Waals surface area contributed by atoms with E-state index in [2.05, 4.69) is 4.90 Å². The van der Waals surface area contributed by atoms with E-state index < -0.39 is 0 Å². The smallest absolute Gasteiger partial charge is 0.0644 e. The molecule has 1 aliphatic heterocycles. The highest BCUT2D eigenvalue weighted by atomic mass is 35.5. The number of hydrogen-bond donors (Lipinski definition) is 1. The molecule has 0 aliphatic carbocycles. The highest BCUT2D eigenvalue weighted by molar-refractivity contribution is 5.85. The van der Waals surface area contributed by atoms with E-state index in [9.17, 15) is 0 Å². The Morgan fingerprint density at radius 1 is 1.70 bits per heavy atom. The molecule has 0 aromatic heterocycles. The molecular formula is C6H14ClNO2. The van der Waals surface area contributed by atoms with Crippen LogP contribution in [0.25, 0.3) is 0 Å². The molecule has 1 saturated heterocycles. The number of likely N-dealkylation sites (N-methyl/N-ethyl adjacent to an activating group) is 1. The van der Waals surface area contributed by atoms with Crippen LogP contribution in [-0.2, 0) is 4.74 Å². The summed E-state index contributed by atoms with van der Waals surface area (Å²) in [6.45, 7) is 2.61. The predicted octanol–water partition coefficient (Wildman–Crippen LogP) is -0.269. The van der Waals surface area contributed by atoms with Gasteiger partial charge in [-0.2, -0.15) is 0 Å². The van der Waals surface area contributed by atoms with Crippen molar-refractivity contribution in [2.24, 2.45) is 0 Å². The van der Waals surface area contributed by atoms with Gasteiger partial charge in [0.15, 0.2) is 0 Å². The lowest BCUT2D eigenvalue weighted by molar-refractivity contribution is -0.0148. The number of rotatable bonds is 1. The maximum atomic E-state index is 8.74. The quantitative estimate of drug-likeness (QED) is 0.584. The van der Waals surface area contributed by atoms with Crippen LogP contribution in [0.2, 0.25) is 0 Å². The minimum Gasteiger partial charge on any atom is -0.395 e. The summed E-state index contributed by atoms with van der Waals surface area (Å²) in [5, 5.41) is 8.74. The minimum absolute atomic E-state index is 0. The number of ether oxygens (including phenoxy) is 1. The van der Waals surface area contributed by atoms with E-state index in [1.807, 2.05) is 7.05 Å². The molecule has 1 heterocycles. The Balaban J connectivity index is 0.000000810. The summed E-state index contributed by atoms with van der Waals surface area (Å²) in [6.07, 6.45) is 0. The summed E-state index contributed by atoms with van der Waals surface area (Å²) < 4.78 is 5.14. The van der Waals surface area contributed by atoms with E-state index in [0.717, 1.165) is 13.2 Å². The molecule has 1 atom stereocenters. The second kappa shape index (κ2) is 4.91. The third-order valence-corrected chi connectivity index (χ3v) is 1.73. The molecule has 0 spiro atoms. The van der Waals surface area contributed by atoms with Crippen LogP contribution in [-0.4, -0.2) is 49.5 Å². The number of morpholine rings is 1. The zero-order valence-corrected chi connectivity index (χ0v) is 6.93. The molecule has 10 heavy (non-hydrogen) atoms. The van der Waals surface area contributed by atoms with Crippen LogP contribution >= 0.6 is 12.4 Å². The van der Waals surface area contributed by atoms with Crippen molar-refractivity contribution in [3.63, 3.8) is 0 Å². The number of aliphatic hydroxyl groups is 1. The van der Waals surface area contributed by atoms with Crippen LogP contribution in [0.5, 0.6) is 0 Å². The number of halogens is 1. The molecule has 62 valence electrons. The standard InChI is InChI=1S/C6H13NO2.ClH/c1-7-2-3-9-5-6(7)4-8;/h6,8H,2-5H2,1H3;1H/t6-;/m0./s1. The van der Waals surface area contributed by atoms with Gasteiger partial charge in [0, 0.05) is 6.54 Å². The summed E-state index contributed by atoms with van der Waals surface area (Å²) in [6, 6.07) is 0.221. The number of aliphatic hydroxyl groups excluding tert-OH is 1. The van der Waals surface area contributed by atoms with Crippen LogP contribution < -0.4 is 0 Å². The van der Waals surface area contributed by atoms with Gasteiger partial charge in [0.2, 0.25) is 0 Å². The van der Waals surface area contributed by atoms with Crippen molar-refractivity contribution in [2.75, 3.05) is 33.4 Å². The SMILES string of the molecule is CN1CCOC[C@@H]1CO.Cl. The first-order valence-electron chi connectivity index (χ1n) is 3.23. The van der Waals surface area contributed by atoms with Crippen molar-refractivity contribution < 1.29 is 9.84 Å². The van der Waals surface area contributed by atoms with Gasteiger partial charge in [-0.15, -0.1) is 12.4 Å². The van der Waals surface area contributed by atoms with Gasteiger partial charge in [0.05, 0.1) is 25.9 Å². The third-order valence-electron chi connectivity index (χ3n) is 1.73. The lowest BCUT2D eigenvalue weighted by Crippen LogP contribution is -2.44. The van der Waals surface area contributed by atoms with Crippen molar-refractivity contribution in [2.45, 2.75) is 6.04 Å². The average Bonchev–Trinajstić information content (AvgIpc) is 1.89. The fourth-order valence-corrected chi connectivity index (χ4v) is 0.930.